The van der Waals surface area contributed by atoms with Gasteiger partial charge in [-0.1, -0.05) is 23.8 Å². The first-order chi connectivity index (χ1) is 10.9. The van der Waals surface area contributed by atoms with Crippen LogP contribution in [-0.2, 0) is 0 Å². The summed E-state index contributed by atoms with van der Waals surface area (Å²) in [6, 6.07) is 10.9. The Labute approximate surface area is 132 Å². The maximum absolute atomic E-state index is 12.0. The van der Waals surface area contributed by atoms with E-state index in [1.165, 1.54) is 18.2 Å². The first kappa shape index (κ1) is 16.2. The van der Waals surface area contributed by atoms with Crippen LogP contribution in [-0.4, -0.2) is 16.7 Å². The number of rotatable bonds is 3. The number of hydrogen-bond donors (Lipinski definition) is 2. The Morgan fingerprint density at radius 1 is 0.913 bits per heavy atom. The molecule has 0 spiro atoms. The Morgan fingerprint density at radius 3 is 2.00 bits per heavy atom. The van der Waals surface area contributed by atoms with Crippen molar-refractivity contribution in [3.05, 3.63) is 74.8 Å². The number of benzene rings is 2. The van der Waals surface area contributed by atoms with E-state index < -0.39 is 16.7 Å². The summed E-state index contributed by atoms with van der Waals surface area (Å²) in [5.74, 6) is -1.10. The molecule has 0 atom stereocenters. The molecule has 0 saturated carbocycles. The minimum atomic E-state index is -0.631. The smallest absolute Gasteiger partial charge is 0.267 e. The van der Waals surface area contributed by atoms with Crippen molar-refractivity contribution in [1.82, 2.24) is 10.9 Å². The fourth-order valence-electron chi connectivity index (χ4n) is 1.91. The van der Waals surface area contributed by atoms with Gasteiger partial charge in [0, 0.05) is 22.8 Å². The lowest BCUT2D eigenvalue weighted by Crippen LogP contribution is -2.41. The van der Waals surface area contributed by atoms with Crippen LogP contribution in [0.1, 0.15) is 31.8 Å². The Morgan fingerprint density at radius 2 is 1.43 bits per heavy atom. The second-order valence-electron chi connectivity index (χ2n) is 5.03. The lowest BCUT2D eigenvalue weighted by molar-refractivity contribution is -0.385. The molecule has 0 aliphatic heterocycles. The van der Waals surface area contributed by atoms with E-state index in [4.69, 9.17) is 0 Å². The number of hydrazine groups is 1. The molecule has 0 aromatic heterocycles. The second kappa shape index (κ2) is 6.69. The molecule has 23 heavy (non-hydrogen) atoms. The van der Waals surface area contributed by atoms with Crippen LogP contribution in [0.2, 0.25) is 0 Å². The molecule has 2 aromatic rings. The first-order valence-corrected chi connectivity index (χ1v) is 6.81. The topological polar surface area (TPSA) is 101 Å². The summed E-state index contributed by atoms with van der Waals surface area (Å²) in [7, 11) is 0. The lowest BCUT2D eigenvalue weighted by atomic mass is 10.1. The van der Waals surface area contributed by atoms with Crippen LogP contribution < -0.4 is 10.9 Å². The molecule has 0 saturated heterocycles. The summed E-state index contributed by atoms with van der Waals surface area (Å²) in [5.41, 5.74) is 6.31. The van der Waals surface area contributed by atoms with Crippen LogP contribution in [0.25, 0.3) is 0 Å². The molecule has 2 rings (SSSR count). The fraction of sp³-hybridized carbons (Fsp3) is 0.125. The highest BCUT2D eigenvalue weighted by Crippen LogP contribution is 2.19. The number of aryl methyl sites for hydroxylation is 2. The standard InChI is InChI=1S/C16H15N3O4/c1-10-3-6-12(7-4-10)15(20)17-18-16(21)13-8-5-11(2)14(9-13)19(22)23/h3-9H,1-2H3,(H,17,20)(H,18,21). The van der Waals surface area contributed by atoms with Crippen molar-refractivity contribution in [2.45, 2.75) is 13.8 Å². The van der Waals surface area contributed by atoms with E-state index in [-0.39, 0.29) is 11.3 Å². The molecule has 0 aliphatic rings. The van der Waals surface area contributed by atoms with Crippen molar-refractivity contribution in [3.8, 4) is 0 Å². The highest BCUT2D eigenvalue weighted by molar-refractivity contribution is 5.99. The average molecular weight is 313 g/mol. The van der Waals surface area contributed by atoms with Gasteiger partial charge in [-0.15, -0.1) is 0 Å². The molecule has 2 amide bonds. The molecule has 0 radical (unpaired) electrons. The number of nitro benzene ring substituents is 1. The number of nitro groups is 1. The van der Waals surface area contributed by atoms with Gasteiger partial charge in [0.05, 0.1) is 4.92 Å². The van der Waals surface area contributed by atoms with Crippen LogP contribution in [0, 0.1) is 24.0 Å². The van der Waals surface area contributed by atoms with Gasteiger partial charge < -0.3 is 0 Å². The molecular formula is C16H15N3O4. The Hall–Kier alpha value is -3.22. The molecule has 2 N–H and O–H groups in total. The predicted octanol–water partition coefficient (Wildman–Crippen LogP) is 2.29. The van der Waals surface area contributed by atoms with Gasteiger partial charge >= 0.3 is 0 Å². The van der Waals surface area contributed by atoms with E-state index in [9.17, 15) is 19.7 Å². The summed E-state index contributed by atoms with van der Waals surface area (Å²) in [6.07, 6.45) is 0. The van der Waals surface area contributed by atoms with Crippen molar-refractivity contribution < 1.29 is 14.5 Å². The quantitative estimate of drug-likeness (QED) is 0.670. The summed E-state index contributed by atoms with van der Waals surface area (Å²) >= 11 is 0. The van der Waals surface area contributed by atoms with E-state index in [2.05, 4.69) is 10.9 Å². The summed E-state index contributed by atoms with van der Waals surface area (Å²) in [4.78, 5) is 34.2. The van der Waals surface area contributed by atoms with Gasteiger partial charge in [-0.2, -0.15) is 0 Å². The van der Waals surface area contributed by atoms with Gasteiger partial charge in [-0.3, -0.25) is 30.6 Å². The summed E-state index contributed by atoms with van der Waals surface area (Å²) in [5, 5.41) is 10.9. The van der Waals surface area contributed by atoms with Crippen molar-refractivity contribution in [3.63, 3.8) is 0 Å². The highest BCUT2D eigenvalue weighted by atomic mass is 16.6. The zero-order chi connectivity index (χ0) is 17.0. The third-order valence-corrected chi connectivity index (χ3v) is 3.27. The van der Waals surface area contributed by atoms with Gasteiger partial charge in [-0.25, -0.2) is 0 Å². The van der Waals surface area contributed by atoms with Crippen LogP contribution in [0.5, 0.6) is 0 Å². The normalized spacial score (nSPS) is 10.0. The number of amides is 2. The molecule has 7 nitrogen and oxygen atoms in total. The van der Waals surface area contributed by atoms with Crippen LogP contribution in [0.4, 0.5) is 5.69 Å². The van der Waals surface area contributed by atoms with E-state index >= 15 is 0 Å². The number of carbonyl (C=O) groups excluding carboxylic acids is 2. The largest absolute Gasteiger partial charge is 0.273 e. The van der Waals surface area contributed by atoms with Gasteiger partial charge in [0.15, 0.2) is 0 Å². The zero-order valence-electron chi connectivity index (χ0n) is 12.6. The molecule has 2 aromatic carbocycles. The molecular weight excluding hydrogens is 298 g/mol. The van der Waals surface area contributed by atoms with Gasteiger partial charge in [0.2, 0.25) is 0 Å². The molecule has 7 heteroatoms. The Balaban J connectivity index is 2.05. The first-order valence-electron chi connectivity index (χ1n) is 6.81. The van der Waals surface area contributed by atoms with Gasteiger partial charge in [0.25, 0.3) is 17.5 Å². The molecule has 0 unspecified atom stereocenters. The van der Waals surface area contributed by atoms with Crippen molar-refractivity contribution in [2.24, 2.45) is 0 Å². The Bertz CT molecular complexity index is 769. The van der Waals surface area contributed by atoms with Crippen molar-refractivity contribution >= 4 is 17.5 Å². The van der Waals surface area contributed by atoms with E-state index in [1.807, 2.05) is 6.92 Å². The number of nitrogens with one attached hydrogen (secondary N) is 2. The lowest BCUT2D eigenvalue weighted by Gasteiger charge is -2.08. The molecule has 118 valence electrons. The second-order valence-corrected chi connectivity index (χ2v) is 5.03. The third-order valence-electron chi connectivity index (χ3n) is 3.27. The fourth-order valence-corrected chi connectivity index (χ4v) is 1.91. The van der Waals surface area contributed by atoms with Gasteiger partial charge in [-0.05, 0) is 32.0 Å². The van der Waals surface area contributed by atoms with E-state index in [0.29, 0.717) is 11.1 Å². The highest BCUT2D eigenvalue weighted by Gasteiger charge is 2.15. The third kappa shape index (κ3) is 3.91. The van der Waals surface area contributed by atoms with Crippen LogP contribution in [0.15, 0.2) is 42.5 Å². The van der Waals surface area contributed by atoms with E-state index in [1.54, 1.807) is 31.2 Å². The van der Waals surface area contributed by atoms with Crippen molar-refractivity contribution in [1.29, 1.82) is 0 Å². The predicted molar refractivity (Wildman–Crippen MR) is 83.9 cm³/mol. The van der Waals surface area contributed by atoms with Crippen LogP contribution in [0.3, 0.4) is 0 Å². The number of carbonyl (C=O) groups is 2. The molecule has 0 aliphatic carbocycles. The number of hydrogen-bond acceptors (Lipinski definition) is 4. The minimum Gasteiger partial charge on any atom is -0.267 e. The molecule has 0 fully saturated rings. The average Bonchev–Trinajstić information content (AvgIpc) is 2.53. The monoisotopic (exact) mass is 313 g/mol. The zero-order valence-corrected chi connectivity index (χ0v) is 12.6. The van der Waals surface area contributed by atoms with Gasteiger partial charge in [0.1, 0.15) is 0 Å². The van der Waals surface area contributed by atoms with Crippen molar-refractivity contribution in [2.75, 3.05) is 0 Å². The maximum atomic E-state index is 12.0. The van der Waals surface area contributed by atoms with Crippen LogP contribution >= 0.6 is 0 Å². The Kier molecular flexibility index (Phi) is 4.70. The molecule has 0 heterocycles. The maximum Gasteiger partial charge on any atom is 0.273 e. The number of nitrogens with zero attached hydrogens (tertiary/aromatic N) is 1. The summed E-state index contributed by atoms with van der Waals surface area (Å²) < 4.78 is 0. The minimum absolute atomic E-state index is 0.0894. The summed E-state index contributed by atoms with van der Waals surface area (Å²) in [6.45, 7) is 3.48. The molecule has 0 bridgehead atoms. The van der Waals surface area contributed by atoms with E-state index in [0.717, 1.165) is 5.56 Å². The SMILES string of the molecule is Cc1ccc(C(=O)NNC(=O)c2ccc(C)c([N+](=O)[O-])c2)cc1.